The van der Waals surface area contributed by atoms with Crippen LogP contribution in [0.15, 0.2) is 67.5 Å². The van der Waals surface area contributed by atoms with Crippen molar-refractivity contribution in [2.24, 2.45) is 0 Å². The molecular weight excluding hydrogens is 350 g/mol. The summed E-state index contributed by atoms with van der Waals surface area (Å²) in [6.07, 6.45) is 0. The van der Waals surface area contributed by atoms with E-state index in [4.69, 9.17) is 4.42 Å². The number of hydrogen-bond acceptors (Lipinski definition) is 7. The Kier molecular flexibility index (Phi) is 3.97. The number of nitro benzene ring substituents is 1. The van der Waals surface area contributed by atoms with E-state index < -0.39 is 20.5 Å². The van der Waals surface area contributed by atoms with Gasteiger partial charge in [-0.25, -0.2) is 13.2 Å². The van der Waals surface area contributed by atoms with Gasteiger partial charge in [-0.15, -0.1) is 5.10 Å². The molecule has 0 atom stereocenters. The number of hydrogen-bond donors (Lipinski definition) is 0. The fourth-order valence-electron chi connectivity index (χ4n) is 2.18. The molecule has 3 rings (SSSR count). The monoisotopic (exact) mass is 361 g/mol. The maximum atomic E-state index is 12.6. The predicted molar refractivity (Wildman–Crippen MR) is 85.4 cm³/mol. The third-order valence-corrected chi connectivity index (χ3v) is 5.18. The van der Waals surface area contributed by atoms with Gasteiger partial charge in [0.1, 0.15) is 0 Å². The van der Waals surface area contributed by atoms with Crippen molar-refractivity contribution in [3.63, 3.8) is 0 Å². The molecule has 0 fully saturated rings. The average Bonchev–Trinajstić information content (AvgIpc) is 2.93. The van der Waals surface area contributed by atoms with Gasteiger partial charge >= 0.3 is 5.76 Å². The zero-order chi connectivity index (χ0) is 18.2. The molecule has 0 amide bonds. The molecule has 3 aromatic rings. The van der Waals surface area contributed by atoms with Crippen LogP contribution >= 0.6 is 0 Å². The van der Waals surface area contributed by atoms with E-state index in [9.17, 15) is 23.3 Å². The molecule has 0 unspecified atom stereocenters. The zero-order valence-corrected chi connectivity index (χ0v) is 13.6. The number of aromatic nitrogens is 2. The largest absolute Gasteiger partial charge is 0.441 e. The van der Waals surface area contributed by atoms with Gasteiger partial charge in [0.15, 0.2) is 0 Å². The molecule has 0 aliphatic carbocycles. The summed E-state index contributed by atoms with van der Waals surface area (Å²) < 4.78 is 30.9. The average molecular weight is 361 g/mol. The summed E-state index contributed by atoms with van der Waals surface area (Å²) >= 11 is 0. The van der Waals surface area contributed by atoms with E-state index in [-0.39, 0.29) is 21.4 Å². The zero-order valence-electron chi connectivity index (χ0n) is 12.8. The van der Waals surface area contributed by atoms with Gasteiger partial charge in [0.05, 0.1) is 20.4 Å². The highest BCUT2D eigenvalue weighted by Gasteiger charge is 2.19. The molecule has 0 N–H and O–H groups in total. The standard InChI is InChI=1S/C15H11N3O6S/c1-10-16-17(15(19)24-10)11-2-6-13(7-3-11)25(22,23)14-8-4-12(5-9-14)18(20)21/h2-9H,1H3. The van der Waals surface area contributed by atoms with Gasteiger partial charge in [-0.1, -0.05) is 0 Å². The Hall–Kier alpha value is -3.27. The van der Waals surface area contributed by atoms with Crippen LogP contribution in [0, 0.1) is 17.0 Å². The Bertz CT molecular complexity index is 1100. The molecule has 0 saturated heterocycles. The summed E-state index contributed by atoms with van der Waals surface area (Å²) in [6.45, 7) is 1.52. The molecule has 2 aromatic carbocycles. The summed E-state index contributed by atoms with van der Waals surface area (Å²) in [5.74, 6) is -0.490. The van der Waals surface area contributed by atoms with Crippen molar-refractivity contribution in [3.8, 4) is 5.69 Å². The molecule has 1 heterocycles. The fourth-order valence-corrected chi connectivity index (χ4v) is 3.45. The van der Waals surface area contributed by atoms with Gasteiger partial charge in [0.25, 0.3) is 5.69 Å². The second-order valence-electron chi connectivity index (χ2n) is 5.05. The summed E-state index contributed by atoms with van der Waals surface area (Å²) in [6, 6.07) is 10.1. The number of benzene rings is 2. The first-order valence-corrected chi connectivity index (χ1v) is 8.44. The third-order valence-electron chi connectivity index (χ3n) is 3.40. The van der Waals surface area contributed by atoms with Crippen LogP contribution < -0.4 is 5.76 Å². The normalized spacial score (nSPS) is 11.4. The van der Waals surface area contributed by atoms with Crippen LogP contribution in [0.4, 0.5) is 5.69 Å². The SMILES string of the molecule is Cc1nn(-c2ccc(S(=O)(=O)c3ccc([N+](=O)[O-])cc3)cc2)c(=O)o1. The van der Waals surface area contributed by atoms with Crippen LogP contribution in [-0.2, 0) is 9.84 Å². The molecule has 10 heteroatoms. The van der Waals surface area contributed by atoms with Crippen LogP contribution in [0.25, 0.3) is 5.69 Å². The summed E-state index contributed by atoms with van der Waals surface area (Å²) in [5.41, 5.74) is 0.152. The van der Waals surface area contributed by atoms with Gasteiger partial charge in [-0.05, 0) is 36.4 Å². The number of nitrogens with zero attached hydrogens (tertiary/aromatic N) is 3. The van der Waals surface area contributed by atoms with Crippen molar-refractivity contribution in [1.82, 2.24) is 9.78 Å². The Morgan fingerprint density at radius 2 is 1.56 bits per heavy atom. The second-order valence-corrected chi connectivity index (χ2v) is 7.00. The molecule has 0 bridgehead atoms. The maximum Gasteiger partial charge on any atom is 0.441 e. The Labute approximate surface area is 141 Å². The minimum Gasteiger partial charge on any atom is -0.392 e. The molecule has 0 aliphatic rings. The number of rotatable bonds is 4. The Balaban J connectivity index is 1.97. The summed E-state index contributed by atoms with van der Waals surface area (Å²) in [5, 5.41) is 14.5. The van der Waals surface area contributed by atoms with Gasteiger partial charge in [-0.2, -0.15) is 4.68 Å². The lowest BCUT2D eigenvalue weighted by Crippen LogP contribution is -2.13. The van der Waals surface area contributed by atoms with Crippen molar-refractivity contribution in [2.75, 3.05) is 0 Å². The molecule has 25 heavy (non-hydrogen) atoms. The molecule has 0 aliphatic heterocycles. The molecule has 0 saturated carbocycles. The number of sulfone groups is 1. The molecule has 0 radical (unpaired) electrons. The lowest BCUT2D eigenvalue weighted by molar-refractivity contribution is -0.384. The molecule has 0 spiro atoms. The first-order valence-electron chi connectivity index (χ1n) is 6.96. The maximum absolute atomic E-state index is 12.6. The van der Waals surface area contributed by atoms with E-state index in [1.165, 1.54) is 43.3 Å². The van der Waals surface area contributed by atoms with E-state index in [1.54, 1.807) is 0 Å². The quantitative estimate of drug-likeness (QED) is 0.513. The van der Waals surface area contributed by atoms with Crippen LogP contribution in [0.1, 0.15) is 5.89 Å². The lowest BCUT2D eigenvalue weighted by Gasteiger charge is -2.05. The first-order chi connectivity index (χ1) is 11.8. The molecule has 9 nitrogen and oxygen atoms in total. The lowest BCUT2D eigenvalue weighted by atomic mass is 10.3. The van der Waals surface area contributed by atoms with E-state index >= 15 is 0 Å². The number of aryl methyl sites for hydroxylation is 1. The highest BCUT2D eigenvalue weighted by atomic mass is 32.2. The van der Waals surface area contributed by atoms with Gasteiger partial charge in [-0.3, -0.25) is 10.1 Å². The van der Waals surface area contributed by atoms with E-state index in [1.807, 2.05) is 0 Å². The summed E-state index contributed by atoms with van der Waals surface area (Å²) in [7, 11) is -3.84. The van der Waals surface area contributed by atoms with Crippen molar-refractivity contribution < 1.29 is 17.8 Å². The van der Waals surface area contributed by atoms with Crippen LogP contribution in [0.5, 0.6) is 0 Å². The van der Waals surface area contributed by atoms with Gasteiger partial charge in [0.2, 0.25) is 15.7 Å². The van der Waals surface area contributed by atoms with Gasteiger partial charge in [0, 0.05) is 19.1 Å². The molecular formula is C15H11N3O6S. The minimum absolute atomic E-state index is 0.0154. The van der Waals surface area contributed by atoms with Crippen molar-refractivity contribution in [1.29, 1.82) is 0 Å². The van der Waals surface area contributed by atoms with Crippen molar-refractivity contribution in [3.05, 3.63) is 75.1 Å². The van der Waals surface area contributed by atoms with Crippen molar-refractivity contribution in [2.45, 2.75) is 16.7 Å². The Morgan fingerprint density at radius 1 is 1.04 bits per heavy atom. The van der Waals surface area contributed by atoms with Gasteiger partial charge < -0.3 is 4.42 Å². The highest BCUT2D eigenvalue weighted by molar-refractivity contribution is 7.91. The molecule has 128 valence electrons. The van der Waals surface area contributed by atoms with Crippen LogP contribution in [0.2, 0.25) is 0 Å². The van der Waals surface area contributed by atoms with Crippen LogP contribution in [-0.4, -0.2) is 23.1 Å². The van der Waals surface area contributed by atoms with E-state index in [0.717, 1.165) is 16.8 Å². The number of non-ortho nitro benzene ring substituents is 1. The summed E-state index contributed by atoms with van der Waals surface area (Å²) in [4.78, 5) is 21.5. The first kappa shape index (κ1) is 16.6. The fraction of sp³-hybridized carbons (Fsp3) is 0.0667. The predicted octanol–water partition coefficient (Wildman–Crippen LogP) is 1.87. The molecule has 1 aromatic heterocycles. The topological polar surface area (TPSA) is 125 Å². The Morgan fingerprint density at radius 3 is 2.00 bits per heavy atom. The van der Waals surface area contributed by atoms with E-state index in [2.05, 4.69) is 5.10 Å². The highest BCUT2D eigenvalue weighted by Crippen LogP contribution is 2.23. The minimum atomic E-state index is -3.84. The van der Waals surface area contributed by atoms with E-state index in [0.29, 0.717) is 5.69 Å². The third kappa shape index (κ3) is 3.06. The second kappa shape index (κ2) is 5.98. The van der Waals surface area contributed by atoms with Crippen molar-refractivity contribution >= 4 is 15.5 Å². The van der Waals surface area contributed by atoms with Crippen LogP contribution in [0.3, 0.4) is 0 Å². The smallest absolute Gasteiger partial charge is 0.392 e. The number of nitro groups is 1.